The summed E-state index contributed by atoms with van der Waals surface area (Å²) >= 11 is 0. The minimum atomic E-state index is -4.98. The molecule has 1 aliphatic heterocycles. The van der Waals surface area contributed by atoms with Crippen LogP contribution in [-0.4, -0.2) is 67.4 Å². The number of nitrogens with two attached hydrogens (primary N) is 1. The summed E-state index contributed by atoms with van der Waals surface area (Å²) in [4.78, 5) is 29.6. The lowest BCUT2D eigenvalue weighted by atomic mass is 10.2. The summed E-state index contributed by atoms with van der Waals surface area (Å²) in [5.41, 5.74) is 5.30. The van der Waals surface area contributed by atoms with Crippen molar-refractivity contribution in [1.82, 2.24) is 25.1 Å². The highest BCUT2D eigenvalue weighted by Crippen LogP contribution is 2.31. The maximum Gasteiger partial charge on any atom is 0.471 e. The summed E-state index contributed by atoms with van der Waals surface area (Å²) in [5.74, 6) is -2.23. The second-order valence-corrected chi connectivity index (χ2v) is 6.51. The largest absolute Gasteiger partial charge is 0.471 e. The van der Waals surface area contributed by atoms with Gasteiger partial charge in [0.15, 0.2) is 11.9 Å². The third kappa shape index (κ3) is 4.33. The number of anilines is 1. The zero-order valence-electron chi connectivity index (χ0n) is 14.9. The van der Waals surface area contributed by atoms with Crippen LogP contribution in [0.25, 0.3) is 11.0 Å². The molecule has 0 bridgehead atoms. The fourth-order valence-electron chi connectivity index (χ4n) is 3.09. The van der Waals surface area contributed by atoms with Gasteiger partial charge >= 0.3 is 12.1 Å². The van der Waals surface area contributed by atoms with Crippen LogP contribution in [0.1, 0.15) is 24.8 Å². The molecule has 0 aliphatic carbocycles. The quantitative estimate of drug-likeness (QED) is 0.369. The van der Waals surface area contributed by atoms with E-state index in [1.165, 1.54) is 4.68 Å². The van der Waals surface area contributed by atoms with Gasteiger partial charge in [0, 0.05) is 13.0 Å². The van der Waals surface area contributed by atoms with E-state index in [9.17, 15) is 33.0 Å². The molecule has 0 spiro atoms. The van der Waals surface area contributed by atoms with Crippen LogP contribution >= 0.6 is 0 Å². The number of rotatable bonds is 6. The van der Waals surface area contributed by atoms with Crippen molar-refractivity contribution >= 4 is 22.9 Å². The molecule has 0 aromatic carbocycles. The molecule has 1 aliphatic rings. The maximum absolute atomic E-state index is 12.3. The van der Waals surface area contributed by atoms with Crippen LogP contribution in [0.4, 0.5) is 19.1 Å². The number of aliphatic hydroxyl groups excluding tert-OH is 2. The smallest absolute Gasteiger partial charge is 0.394 e. The van der Waals surface area contributed by atoms with Crippen LogP contribution in [0, 0.1) is 0 Å². The summed E-state index contributed by atoms with van der Waals surface area (Å²) < 4.78 is 43.4. The molecule has 1 amide bonds. The predicted octanol–water partition coefficient (Wildman–Crippen LogP) is -1.05. The Morgan fingerprint density at radius 2 is 2.17 bits per heavy atom. The Balaban J connectivity index is 1.83. The highest BCUT2D eigenvalue weighted by atomic mass is 19.4. The SMILES string of the molecule is Nc1nc2c(c(CCCNC(=O)C(F)(F)F)nn2[C@H]2CC(O)[C@@H](CO)O2)c(=O)[nH]1. The predicted molar refractivity (Wildman–Crippen MR) is 91.6 cm³/mol. The van der Waals surface area contributed by atoms with Crippen molar-refractivity contribution in [2.45, 2.75) is 43.9 Å². The van der Waals surface area contributed by atoms with E-state index in [0.717, 1.165) is 0 Å². The molecule has 0 radical (unpaired) electrons. The molecule has 1 saturated heterocycles. The van der Waals surface area contributed by atoms with Crippen LogP contribution < -0.4 is 16.6 Å². The first-order valence-electron chi connectivity index (χ1n) is 8.68. The first-order valence-corrected chi connectivity index (χ1v) is 8.68. The second kappa shape index (κ2) is 7.96. The van der Waals surface area contributed by atoms with E-state index in [2.05, 4.69) is 15.1 Å². The van der Waals surface area contributed by atoms with Gasteiger partial charge in [-0.2, -0.15) is 23.3 Å². The van der Waals surface area contributed by atoms with Gasteiger partial charge in [-0.05, 0) is 12.8 Å². The van der Waals surface area contributed by atoms with Crippen molar-refractivity contribution in [1.29, 1.82) is 0 Å². The Morgan fingerprint density at radius 1 is 1.45 bits per heavy atom. The number of hydrogen-bond acceptors (Lipinski definition) is 8. The molecule has 3 heterocycles. The van der Waals surface area contributed by atoms with E-state index in [1.807, 2.05) is 0 Å². The van der Waals surface area contributed by atoms with Crippen molar-refractivity contribution in [3.05, 3.63) is 16.0 Å². The number of nitrogens with zero attached hydrogens (tertiary/aromatic N) is 3. The number of alkyl halides is 3. The van der Waals surface area contributed by atoms with E-state index in [0.29, 0.717) is 0 Å². The van der Waals surface area contributed by atoms with Crippen molar-refractivity contribution in [3.63, 3.8) is 0 Å². The van der Waals surface area contributed by atoms with Gasteiger partial charge in [0.25, 0.3) is 5.56 Å². The number of amides is 1. The first kappa shape index (κ1) is 21.0. The lowest BCUT2D eigenvalue weighted by Gasteiger charge is -2.12. The van der Waals surface area contributed by atoms with Gasteiger partial charge in [-0.25, -0.2) is 4.68 Å². The molecule has 2 aromatic heterocycles. The molecule has 1 unspecified atom stereocenters. The average Bonchev–Trinajstić information content (AvgIpc) is 3.17. The number of hydrogen-bond donors (Lipinski definition) is 5. The van der Waals surface area contributed by atoms with Gasteiger partial charge in [0.1, 0.15) is 11.5 Å². The maximum atomic E-state index is 12.3. The number of H-pyrrole nitrogens is 1. The molecule has 0 saturated carbocycles. The van der Waals surface area contributed by atoms with Crippen LogP contribution in [0.15, 0.2) is 4.79 Å². The molecule has 29 heavy (non-hydrogen) atoms. The molecular weight excluding hydrogens is 401 g/mol. The molecule has 1 fully saturated rings. The summed E-state index contributed by atoms with van der Waals surface area (Å²) in [6, 6.07) is 0. The molecule has 3 atom stereocenters. The lowest BCUT2D eigenvalue weighted by Crippen LogP contribution is -2.37. The van der Waals surface area contributed by atoms with Gasteiger partial charge < -0.3 is 26.0 Å². The van der Waals surface area contributed by atoms with Gasteiger partial charge in [0.05, 0.1) is 18.4 Å². The molecule has 2 aromatic rings. The Morgan fingerprint density at radius 3 is 2.79 bits per heavy atom. The topological polar surface area (TPSA) is 168 Å². The molecule has 3 rings (SSSR count). The Kier molecular flexibility index (Phi) is 5.77. The Hall–Kier alpha value is -2.71. The number of fused-ring (bicyclic) bond motifs is 1. The number of aliphatic hydroxyl groups is 2. The first-order chi connectivity index (χ1) is 13.6. The van der Waals surface area contributed by atoms with E-state index in [1.54, 1.807) is 5.32 Å². The Bertz CT molecular complexity index is 958. The van der Waals surface area contributed by atoms with Gasteiger partial charge in [0.2, 0.25) is 5.95 Å². The highest BCUT2D eigenvalue weighted by molar-refractivity contribution is 5.81. The van der Waals surface area contributed by atoms with Gasteiger partial charge in [-0.1, -0.05) is 0 Å². The number of aryl methyl sites for hydroxylation is 1. The van der Waals surface area contributed by atoms with Crippen molar-refractivity contribution in [2.75, 3.05) is 18.9 Å². The highest BCUT2D eigenvalue weighted by Gasteiger charge is 2.38. The number of ether oxygens (including phenoxy) is 1. The standard InChI is InChI=1S/C15H19F3N6O5/c16-15(17,18)13(28)20-3-1-2-6-10-11(21-14(19)22-12(10)27)24(23-6)9-4-7(26)8(5-25)29-9/h7-9,25-26H,1-5H2,(H,20,28)(H3,19,21,22,27)/t7?,8-,9-/m1/s1. The van der Waals surface area contributed by atoms with E-state index < -0.39 is 42.7 Å². The van der Waals surface area contributed by atoms with Gasteiger partial charge in [-0.15, -0.1) is 0 Å². The second-order valence-electron chi connectivity index (χ2n) is 6.51. The average molecular weight is 420 g/mol. The molecule has 6 N–H and O–H groups in total. The normalized spacial score (nSPS) is 22.3. The number of nitrogen functional groups attached to an aromatic ring is 1. The molecular formula is C15H19F3N6O5. The van der Waals surface area contributed by atoms with Crippen LogP contribution in [-0.2, 0) is 16.0 Å². The number of nitrogens with one attached hydrogen (secondary N) is 2. The third-order valence-corrected chi connectivity index (χ3v) is 4.44. The van der Waals surface area contributed by atoms with Crippen molar-refractivity contribution in [2.24, 2.45) is 0 Å². The summed E-state index contributed by atoms with van der Waals surface area (Å²) in [6.07, 6.45) is -7.37. The van der Waals surface area contributed by atoms with Crippen LogP contribution in [0.2, 0.25) is 0 Å². The number of carbonyl (C=O) groups is 1. The Labute approximate surface area is 160 Å². The molecule has 160 valence electrons. The fourth-order valence-corrected chi connectivity index (χ4v) is 3.09. The van der Waals surface area contributed by atoms with E-state index in [-0.39, 0.29) is 48.5 Å². The molecule has 14 heteroatoms. The van der Waals surface area contributed by atoms with E-state index in [4.69, 9.17) is 10.5 Å². The number of aromatic amines is 1. The zero-order valence-corrected chi connectivity index (χ0v) is 14.9. The van der Waals surface area contributed by atoms with Crippen molar-refractivity contribution < 1.29 is 32.9 Å². The minimum Gasteiger partial charge on any atom is -0.394 e. The fraction of sp³-hybridized carbons (Fsp3) is 0.600. The monoisotopic (exact) mass is 420 g/mol. The van der Waals surface area contributed by atoms with Crippen LogP contribution in [0.5, 0.6) is 0 Å². The number of aromatic nitrogens is 4. The van der Waals surface area contributed by atoms with Gasteiger partial charge in [-0.3, -0.25) is 14.6 Å². The molecule has 11 nitrogen and oxygen atoms in total. The lowest BCUT2D eigenvalue weighted by molar-refractivity contribution is -0.173. The summed E-state index contributed by atoms with van der Waals surface area (Å²) in [5, 5.41) is 25.2. The summed E-state index contributed by atoms with van der Waals surface area (Å²) in [7, 11) is 0. The van der Waals surface area contributed by atoms with Crippen LogP contribution in [0.3, 0.4) is 0 Å². The minimum absolute atomic E-state index is 0.0645. The summed E-state index contributed by atoms with van der Waals surface area (Å²) in [6.45, 7) is -0.697. The van der Waals surface area contributed by atoms with Crippen molar-refractivity contribution in [3.8, 4) is 0 Å². The number of halogens is 3. The number of carbonyl (C=O) groups excluding carboxylic acids is 1. The zero-order chi connectivity index (χ0) is 21.3. The third-order valence-electron chi connectivity index (χ3n) is 4.44. The van der Waals surface area contributed by atoms with E-state index >= 15 is 0 Å².